The van der Waals surface area contributed by atoms with Crippen molar-refractivity contribution >= 4 is 17.8 Å². The summed E-state index contributed by atoms with van der Waals surface area (Å²) in [6, 6.07) is 3.60. The number of methoxy groups -OCH3 is 1. The molecule has 1 aliphatic heterocycles. The van der Waals surface area contributed by atoms with Crippen LogP contribution in [0, 0.1) is 22.7 Å². The van der Waals surface area contributed by atoms with Crippen LogP contribution in [0.1, 0.15) is 77.4 Å². The topological polar surface area (TPSA) is 88.8 Å². The molecular weight excluding hydrogens is 432 g/mol. The SMILES string of the molecule is COC(=O)[C@@]12C[C@@H](CC(=O)NCC3CCCCC3)C(=O)N(Cc3ccco3)C1=CCC(C)(C)C2. The van der Waals surface area contributed by atoms with E-state index in [2.05, 4.69) is 19.2 Å². The zero-order valence-corrected chi connectivity index (χ0v) is 20.7. The van der Waals surface area contributed by atoms with Crippen molar-refractivity contribution < 1.29 is 23.5 Å². The molecule has 2 aliphatic carbocycles. The number of allylic oxidation sites excluding steroid dienone is 1. The quantitative estimate of drug-likeness (QED) is 0.590. The Balaban J connectivity index is 1.58. The largest absolute Gasteiger partial charge is 0.468 e. The number of esters is 1. The molecule has 7 nitrogen and oxygen atoms in total. The van der Waals surface area contributed by atoms with Gasteiger partial charge >= 0.3 is 5.97 Å². The maximum atomic E-state index is 13.7. The van der Waals surface area contributed by atoms with Gasteiger partial charge in [-0.1, -0.05) is 39.2 Å². The summed E-state index contributed by atoms with van der Waals surface area (Å²) in [5, 5.41) is 3.07. The number of hydrogen-bond acceptors (Lipinski definition) is 5. The molecule has 0 aromatic carbocycles. The standard InChI is InChI=1S/C27H38N2O5/c1-26(2)12-11-22-27(18-26,25(32)33-3)15-20(24(31)29(22)17-21-10-7-13-34-21)14-23(30)28-16-19-8-5-4-6-9-19/h7,10-11,13,19-20H,4-6,8-9,12,14-18H2,1-3H3,(H,28,30)/t20-,27-/m1/s1. The van der Waals surface area contributed by atoms with Crippen molar-refractivity contribution in [3.63, 3.8) is 0 Å². The van der Waals surface area contributed by atoms with Gasteiger partial charge in [0.05, 0.1) is 19.9 Å². The van der Waals surface area contributed by atoms with Crippen molar-refractivity contribution in [3.05, 3.63) is 35.9 Å². The van der Waals surface area contributed by atoms with Crippen LogP contribution in [-0.4, -0.2) is 36.3 Å². The van der Waals surface area contributed by atoms with E-state index in [4.69, 9.17) is 9.15 Å². The van der Waals surface area contributed by atoms with Crippen LogP contribution in [0.25, 0.3) is 0 Å². The summed E-state index contributed by atoms with van der Waals surface area (Å²) in [5.41, 5.74) is -0.382. The van der Waals surface area contributed by atoms with Crippen molar-refractivity contribution in [2.24, 2.45) is 22.7 Å². The lowest BCUT2D eigenvalue weighted by molar-refractivity contribution is -0.162. The highest BCUT2D eigenvalue weighted by Gasteiger charge is 2.57. The summed E-state index contributed by atoms with van der Waals surface area (Å²) in [7, 11) is 1.40. The number of furan rings is 1. The zero-order valence-electron chi connectivity index (χ0n) is 20.7. The minimum absolute atomic E-state index is 0.0761. The molecule has 0 unspecified atom stereocenters. The van der Waals surface area contributed by atoms with Gasteiger partial charge in [0.15, 0.2) is 0 Å². The van der Waals surface area contributed by atoms with E-state index in [1.54, 1.807) is 17.2 Å². The van der Waals surface area contributed by atoms with Gasteiger partial charge in [-0.25, -0.2) is 0 Å². The molecule has 0 bridgehead atoms. The molecule has 2 fully saturated rings. The highest BCUT2D eigenvalue weighted by atomic mass is 16.5. The number of piperidine rings is 1. The first-order valence-corrected chi connectivity index (χ1v) is 12.6. The van der Waals surface area contributed by atoms with Gasteiger partial charge in [-0.05, 0) is 55.6 Å². The van der Waals surface area contributed by atoms with E-state index >= 15 is 0 Å². The van der Waals surface area contributed by atoms with E-state index in [1.165, 1.54) is 26.4 Å². The summed E-state index contributed by atoms with van der Waals surface area (Å²) >= 11 is 0. The number of likely N-dealkylation sites (tertiary alicyclic amines) is 1. The molecule has 2 amide bonds. The van der Waals surface area contributed by atoms with E-state index in [-0.39, 0.29) is 36.2 Å². The van der Waals surface area contributed by atoms with Gasteiger partial charge in [0.2, 0.25) is 11.8 Å². The number of ether oxygens (including phenoxy) is 1. The van der Waals surface area contributed by atoms with Crippen molar-refractivity contribution in [1.82, 2.24) is 10.2 Å². The Morgan fingerprint density at radius 1 is 1.24 bits per heavy atom. The number of rotatable bonds is 7. The number of nitrogens with zero attached hydrogens (tertiary/aromatic N) is 1. The summed E-state index contributed by atoms with van der Waals surface area (Å²) in [4.78, 5) is 41.6. The number of fused-ring (bicyclic) bond motifs is 1. The minimum Gasteiger partial charge on any atom is -0.468 e. The average Bonchev–Trinajstić information content (AvgIpc) is 3.33. The Morgan fingerprint density at radius 3 is 2.68 bits per heavy atom. The average molecular weight is 471 g/mol. The van der Waals surface area contributed by atoms with Crippen molar-refractivity contribution in [2.45, 2.75) is 78.2 Å². The molecule has 7 heteroatoms. The van der Waals surface area contributed by atoms with Gasteiger partial charge in [-0.3, -0.25) is 14.4 Å². The molecule has 4 rings (SSSR count). The fourth-order valence-corrected chi connectivity index (χ4v) is 6.22. The van der Waals surface area contributed by atoms with Crippen molar-refractivity contribution in [2.75, 3.05) is 13.7 Å². The van der Waals surface area contributed by atoms with E-state index in [0.717, 1.165) is 19.3 Å². The van der Waals surface area contributed by atoms with Crippen LogP contribution in [0.2, 0.25) is 0 Å². The second kappa shape index (κ2) is 9.96. The second-order valence-corrected chi connectivity index (χ2v) is 11.1. The van der Waals surface area contributed by atoms with Crippen LogP contribution in [-0.2, 0) is 25.7 Å². The number of carbonyl (C=O) groups is 3. The summed E-state index contributed by atoms with van der Waals surface area (Å²) in [6.07, 6.45) is 11.3. The summed E-state index contributed by atoms with van der Waals surface area (Å²) in [6.45, 7) is 5.15. The fourth-order valence-electron chi connectivity index (χ4n) is 6.22. The second-order valence-electron chi connectivity index (χ2n) is 11.1. The molecule has 1 aromatic heterocycles. The molecule has 186 valence electrons. The van der Waals surface area contributed by atoms with E-state index in [0.29, 0.717) is 36.8 Å². The summed E-state index contributed by atoms with van der Waals surface area (Å²) in [5.74, 6) is -0.0211. The zero-order chi connectivity index (χ0) is 24.3. The molecule has 2 atom stereocenters. The van der Waals surface area contributed by atoms with Crippen molar-refractivity contribution in [3.8, 4) is 0 Å². The predicted octanol–water partition coefficient (Wildman–Crippen LogP) is 4.58. The first-order valence-electron chi connectivity index (χ1n) is 12.6. The van der Waals surface area contributed by atoms with E-state index < -0.39 is 11.3 Å². The van der Waals surface area contributed by atoms with Gasteiger partial charge in [0, 0.05) is 24.6 Å². The third-order valence-electron chi connectivity index (χ3n) is 7.83. The Labute approximate surface area is 202 Å². The van der Waals surface area contributed by atoms with Crippen LogP contribution >= 0.6 is 0 Å². The van der Waals surface area contributed by atoms with Gasteiger partial charge in [-0.15, -0.1) is 0 Å². The lowest BCUT2D eigenvalue weighted by Crippen LogP contribution is -2.55. The normalized spacial score (nSPS) is 27.0. The van der Waals surface area contributed by atoms with Gasteiger partial charge in [-0.2, -0.15) is 0 Å². The Hall–Kier alpha value is -2.57. The van der Waals surface area contributed by atoms with Crippen molar-refractivity contribution in [1.29, 1.82) is 0 Å². The van der Waals surface area contributed by atoms with Crippen LogP contribution in [0.4, 0.5) is 0 Å². The van der Waals surface area contributed by atoms with E-state index in [1.807, 2.05) is 12.1 Å². The van der Waals surface area contributed by atoms with Crippen LogP contribution < -0.4 is 5.32 Å². The van der Waals surface area contributed by atoms with Crippen LogP contribution in [0.15, 0.2) is 34.6 Å². The number of carbonyl (C=O) groups excluding carboxylic acids is 3. The maximum absolute atomic E-state index is 13.7. The lowest BCUT2D eigenvalue weighted by Gasteiger charge is -2.51. The van der Waals surface area contributed by atoms with E-state index in [9.17, 15) is 14.4 Å². The molecule has 2 heterocycles. The number of amides is 2. The number of hydrogen-bond donors (Lipinski definition) is 1. The molecule has 3 aliphatic rings. The van der Waals surface area contributed by atoms with Gasteiger partial charge < -0.3 is 19.4 Å². The maximum Gasteiger partial charge on any atom is 0.317 e. The molecule has 34 heavy (non-hydrogen) atoms. The predicted molar refractivity (Wildman–Crippen MR) is 127 cm³/mol. The summed E-state index contributed by atoms with van der Waals surface area (Å²) < 4.78 is 10.8. The monoisotopic (exact) mass is 470 g/mol. The molecule has 1 saturated heterocycles. The van der Waals surface area contributed by atoms with Crippen LogP contribution in [0.5, 0.6) is 0 Å². The van der Waals surface area contributed by atoms with Gasteiger partial charge in [0.25, 0.3) is 0 Å². The molecular formula is C27H38N2O5. The first-order chi connectivity index (χ1) is 16.2. The number of nitrogens with one attached hydrogen (secondary N) is 1. The lowest BCUT2D eigenvalue weighted by atomic mass is 9.59. The van der Waals surface area contributed by atoms with Gasteiger partial charge in [0.1, 0.15) is 11.2 Å². The Bertz CT molecular complexity index is 929. The minimum atomic E-state index is -0.953. The molecule has 0 spiro atoms. The smallest absolute Gasteiger partial charge is 0.317 e. The highest BCUT2D eigenvalue weighted by Crippen LogP contribution is 2.55. The Kier molecular flexibility index (Phi) is 7.20. The molecule has 0 radical (unpaired) electrons. The third-order valence-corrected chi connectivity index (χ3v) is 7.83. The third kappa shape index (κ3) is 5.08. The highest BCUT2D eigenvalue weighted by molar-refractivity contribution is 5.92. The Morgan fingerprint density at radius 2 is 2.00 bits per heavy atom. The molecule has 1 N–H and O–H groups in total. The fraction of sp³-hybridized carbons (Fsp3) is 0.667. The first kappa shape index (κ1) is 24.6. The van der Waals surface area contributed by atoms with Crippen LogP contribution in [0.3, 0.4) is 0 Å². The molecule has 1 saturated carbocycles. The molecule has 1 aromatic rings.